The number of hydrogen-bond donors (Lipinski definition) is 2. The Kier molecular flexibility index (Phi) is 5.85. The Labute approximate surface area is 162 Å². The molecule has 0 aliphatic rings. The standard InChI is InChI=1S/C18H16BrN3O3S/c1-11-4-2-3-5-12(11)9-20-16(23)8-13-10-26-18(21-13)22-17(24)14-6-7-15(19)25-14/h2-7,10H,8-9H2,1H3,(H,20,23)(H,21,22,24). The van der Waals surface area contributed by atoms with Crippen molar-refractivity contribution in [2.75, 3.05) is 5.32 Å². The van der Waals surface area contributed by atoms with Crippen LogP contribution in [0.15, 0.2) is 50.9 Å². The molecule has 3 aromatic rings. The highest BCUT2D eigenvalue weighted by Gasteiger charge is 2.14. The van der Waals surface area contributed by atoms with E-state index < -0.39 is 0 Å². The molecule has 134 valence electrons. The number of furan rings is 1. The van der Waals surface area contributed by atoms with E-state index in [9.17, 15) is 9.59 Å². The fraction of sp³-hybridized carbons (Fsp3) is 0.167. The molecule has 0 atom stereocenters. The summed E-state index contributed by atoms with van der Waals surface area (Å²) < 4.78 is 5.67. The lowest BCUT2D eigenvalue weighted by atomic mass is 10.1. The topological polar surface area (TPSA) is 84.2 Å². The van der Waals surface area contributed by atoms with Gasteiger partial charge < -0.3 is 9.73 Å². The lowest BCUT2D eigenvalue weighted by Gasteiger charge is -2.07. The fourth-order valence-corrected chi connectivity index (χ4v) is 3.28. The molecule has 0 saturated heterocycles. The van der Waals surface area contributed by atoms with Gasteiger partial charge in [0, 0.05) is 11.9 Å². The summed E-state index contributed by atoms with van der Waals surface area (Å²) in [4.78, 5) is 28.4. The largest absolute Gasteiger partial charge is 0.444 e. The molecule has 3 rings (SSSR count). The van der Waals surface area contributed by atoms with Gasteiger partial charge in [-0.05, 0) is 46.1 Å². The van der Waals surface area contributed by atoms with Crippen molar-refractivity contribution in [3.63, 3.8) is 0 Å². The molecule has 0 spiro atoms. The van der Waals surface area contributed by atoms with Gasteiger partial charge in [-0.2, -0.15) is 0 Å². The average Bonchev–Trinajstić information content (AvgIpc) is 3.23. The Hall–Kier alpha value is -2.45. The zero-order valence-corrected chi connectivity index (χ0v) is 16.3. The lowest BCUT2D eigenvalue weighted by Crippen LogP contribution is -2.25. The number of carbonyl (C=O) groups excluding carboxylic acids is 2. The van der Waals surface area contributed by atoms with E-state index >= 15 is 0 Å². The van der Waals surface area contributed by atoms with E-state index in [1.807, 2.05) is 31.2 Å². The van der Waals surface area contributed by atoms with Crippen LogP contribution >= 0.6 is 27.3 Å². The van der Waals surface area contributed by atoms with Crippen LogP contribution in [0.3, 0.4) is 0 Å². The molecule has 0 bridgehead atoms. The van der Waals surface area contributed by atoms with Gasteiger partial charge in [0.05, 0.1) is 12.1 Å². The van der Waals surface area contributed by atoms with Crippen molar-refractivity contribution < 1.29 is 14.0 Å². The van der Waals surface area contributed by atoms with Crippen molar-refractivity contribution >= 4 is 44.2 Å². The van der Waals surface area contributed by atoms with Crippen molar-refractivity contribution in [1.82, 2.24) is 10.3 Å². The number of benzene rings is 1. The molecular formula is C18H16BrN3O3S. The minimum absolute atomic E-state index is 0.119. The number of amides is 2. The Morgan fingerprint density at radius 3 is 2.77 bits per heavy atom. The molecule has 2 heterocycles. The van der Waals surface area contributed by atoms with Gasteiger partial charge in [-0.25, -0.2) is 4.98 Å². The number of halogens is 1. The predicted molar refractivity (Wildman–Crippen MR) is 103 cm³/mol. The van der Waals surface area contributed by atoms with E-state index in [-0.39, 0.29) is 24.0 Å². The third-order valence-corrected chi connectivity index (χ3v) is 4.88. The van der Waals surface area contributed by atoms with Crippen molar-refractivity contribution in [2.24, 2.45) is 0 Å². The van der Waals surface area contributed by atoms with Crippen LogP contribution < -0.4 is 10.6 Å². The lowest BCUT2D eigenvalue weighted by molar-refractivity contribution is -0.120. The monoisotopic (exact) mass is 433 g/mol. The maximum Gasteiger partial charge on any atom is 0.293 e. The number of hydrogen-bond acceptors (Lipinski definition) is 5. The van der Waals surface area contributed by atoms with Crippen LogP contribution in [0.5, 0.6) is 0 Å². The van der Waals surface area contributed by atoms with Crippen LogP contribution in [0.2, 0.25) is 0 Å². The van der Waals surface area contributed by atoms with E-state index in [2.05, 4.69) is 31.5 Å². The van der Waals surface area contributed by atoms with Crippen molar-refractivity contribution in [3.05, 3.63) is 69.0 Å². The quantitative estimate of drug-likeness (QED) is 0.616. The van der Waals surface area contributed by atoms with Crippen molar-refractivity contribution in [3.8, 4) is 0 Å². The zero-order chi connectivity index (χ0) is 18.5. The highest BCUT2D eigenvalue weighted by molar-refractivity contribution is 9.10. The highest BCUT2D eigenvalue weighted by Crippen LogP contribution is 2.19. The second-order valence-electron chi connectivity index (χ2n) is 5.58. The molecule has 6 nitrogen and oxygen atoms in total. The Bertz CT molecular complexity index is 935. The highest BCUT2D eigenvalue weighted by atomic mass is 79.9. The predicted octanol–water partition coefficient (Wildman–Crippen LogP) is 3.92. The number of aromatic nitrogens is 1. The molecule has 1 aromatic carbocycles. The third kappa shape index (κ3) is 4.80. The molecule has 8 heteroatoms. The fourth-order valence-electron chi connectivity index (χ4n) is 2.27. The van der Waals surface area contributed by atoms with Crippen LogP contribution in [-0.2, 0) is 17.8 Å². The van der Waals surface area contributed by atoms with Crippen LogP contribution in [0, 0.1) is 6.92 Å². The minimum Gasteiger partial charge on any atom is -0.444 e. The molecule has 2 amide bonds. The number of nitrogens with zero attached hydrogens (tertiary/aromatic N) is 1. The molecule has 0 radical (unpaired) electrons. The first kappa shape index (κ1) is 18.3. The van der Waals surface area contributed by atoms with Crippen molar-refractivity contribution in [1.29, 1.82) is 0 Å². The molecule has 0 fully saturated rings. The van der Waals surface area contributed by atoms with Gasteiger partial charge in [0.2, 0.25) is 5.91 Å². The second kappa shape index (κ2) is 8.29. The molecule has 2 N–H and O–H groups in total. The van der Waals surface area contributed by atoms with E-state index in [1.165, 1.54) is 11.3 Å². The zero-order valence-electron chi connectivity index (χ0n) is 13.9. The summed E-state index contributed by atoms with van der Waals surface area (Å²) in [6.45, 7) is 2.49. The first-order valence-corrected chi connectivity index (χ1v) is 9.51. The Morgan fingerprint density at radius 2 is 2.04 bits per heavy atom. The van der Waals surface area contributed by atoms with Crippen LogP contribution in [-0.4, -0.2) is 16.8 Å². The first-order valence-electron chi connectivity index (χ1n) is 7.83. The Balaban J connectivity index is 1.52. The summed E-state index contributed by atoms with van der Waals surface area (Å²) in [7, 11) is 0. The third-order valence-electron chi connectivity index (χ3n) is 3.65. The van der Waals surface area contributed by atoms with Gasteiger partial charge in [0.15, 0.2) is 15.6 Å². The van der Waals surface area contributed by atoms with Gasteiger partial charge in [0.1, 0.15) is 0 Å². The van der Waals surface area contributed by atoms with Crippen LogP contribution in [0.1, 0.15) is 27.4 Å². The second-order valence-corrected chi connectivity index (χ2v) is 7.22. The summed E-state index contributed by atoms with van der Waals surface area (Å²) in [5.74, 6) is -0.323. The van der Waals surface area contributed by atoms with E-state index in [0.717, 1.165) is 11.1 Å². The number of carbonyl (C=O) groups is 2. The minimum atomic E-state index is -0.388. The smallest absolute Gasteiger partial charge is 0.293 e. The van der Waals surface area contributed by atoms with Gasteiger partial charge in [-0.3, -0.25) is 14.9 Å². The number of nitrogens with one attached hydrogen (secondary N) is 2. The number of rotatable bonds is 6. The van der Waals surface area contributed by atoms with Gasteiger partial charge in [0.25, 0.3) is 5.91 Å². The van der Waals surface area contributed by atoms with Crippen LogP contribution in [0.4, 0.5) is 5.13 Å². The molecule has 0 unspecified atom stereocenters. The molecule has 0 saturated carbocycles. The summed E-state index contributed by atoms with van der Waals surface area (Å²) >= 11 is 4.41. The van der Waals surface area contributed by atoms with E-state index in [1.54, 1.807) is 17.5 Å². The number of aryl methyl sites for hydroxylation is 1. The summed E-state index contributed by atoms with van der Waals surface area (Å²) in [5.41, 5.74) is 2.82. The van der Waals surface area contributed by atoms with E-state index in [0.29, 0.717) is 22.0 Å². The Morgan fingerprint density at radius 1 is 1.23 bits per heavy atom. The maximum atomic E-state index is 12.1. The SMILES string of the molecule is Cc1ccccc1CNC(=O)Cc1csc(NC(=O)c2ccc(Br)o2)n1. The van der Waals surface area contributed by atoms with Crippen LogP contribution in [0.25, 0.3) is 0 Å². The number of anilines is 1. The first-order chi connectivity index (χ1) is 12.5. The number of thiazole rings is 1. The van der Waals surface area contributed by atoms with Crippen molar-refractivity contribution in [2.45, 2.75) is 19.9 Å². The van der Waals surface area contributed by atoms with Gasteiger partial charge >= 0.3 is 0 Å². The maximum absolute atomic E-state index is 12.1. The molecule has 2 aromatic heterocycles. The molecular weight excluding hydrogens is 418 g/mol. The summed E-state index contributed by atoms with van der Waals surface area (Å²) in [6, 6.07) is 11.1. The normalized spacial score (nSPS) is 10.5. The molecule has 26 heavy (non-hydrogen) atoms. The van der Waals surface area contributed by atoms with E-state index in [4.69, 9.17) is 4.42 Å². The molecule has 0 aliphatic carbocycles. The summed E-state index contributed by atoms with van der Waals surface area (Å²) in [6.07, 6.45) is 0.157. The van der Waals surface area contributed by atoms with Gasteiger partial charge in [-0.1, -0.05) is 24.3 Å². The molecule has 0 aliphatic heterocycles. The summed E-state index contributed by atoms with van der Waals surface area (Å²) in [5, 5.41) is 7.71. The average molecular weight is 434 g/mol. The van der Waals surface area contributed by atoms with Gasteiger partial charge in [-0.15, -0.1) is 11.3 Å².